The van der Waals surface area contributed by atoms with E-state index in [-0.39, 0.29) is 17.6 Å². The summed E-state index contributed by atoms with van der Waals surface area (Å²) in [6.07, 6.45) is 0. The van der Waals surface area contributed by atoms with Gasteiger partial charge in [-0.3, -0.25) is 9.59 Å². The molecule has 2 N–H and O–H groups in total. The summed E-state index contributed by atoms with van der Waals surface area (Å²) in [5, 5.41) is 5.50. The van der Waals surface area contributed by atoms with Crippen LogP contribution in [0.3, 0.4) is 0 Å². The van der Waals surface area contributed by atoms with Gasteiger partial charge in [0.15, 0.2) is 0 Å². The molecule has 0 bridgehead atoms. The highest BCUT2D eigenvalue weighted by Gasteiger charge is 2.24. The van der Waals surface area contributed by atoms with Gasteiger partial charge < -0.3 is 10.6 Å². The number of halogens is 2. The third kappa shape index (κ3) is 6.64. The molecule has 0 aromatic heterocycles. The van der Waals surface area contributed by atoms with Crippen LogP contribution >= 0.6 is 11.8 Å². The normalized spacial score (nSPS) is 11.9. The van der Waals surface area contributed by atoms with Gasteiger partial charge in [0.05, 0.1) is 0 Å². The van der Waals surface area contributed by atoms with Gasteiger partial charge in [0.25, 0.3) is 5.91 Å². The van der Waals surface area contributed by atoms with E-state index < -0.39 is 17.8 Å². The first kappa shape index (κ1) is 21.9. The first-order chi connectivity index (χ1) is 13.4. The van der Waals surface area contributed by atoms with E-state index in [0.29, 0.717) is 29.2 Å². The Morgan fingerprint density at radius 2 is 1.71 bits per heavy atom. The minimum Gasteiger partial charge on any atom is -0.353 e. The van der Waals surface area contributed by atoms with Crippen molar-refractivity contribution in [2.24, 2.45) is 5.92 Å². The lowest BCUT2D eigenvalue weighted by atomic mass is 10.0. The van der Waals surface area contributed by atoms with Gasteiger partial charge in [-0.25, -0.2) is 8.78 Å². The third-order valence-electron chi connectivity index (χ3n) is 4.10. The molecule has 2 amide bonds. The molecule has 0 radical (unpaired) electrons. The number of hydrogen-bond donors (Lipinski definition) is 2. The molecule has 0 aliphatic carbocycles. The number of hydrogen-bond acceptors (Lipinski definition) is 3. The summed E-state index contributed by atoms with van der Waals surface area (Å²) in [4.78, 5) is 24.7. The van der Waals surface area contributed by atoms with Crippen LogP contribution in [0, 0.1) is 17.6 Å². The van der Waals surface area contributed by atoms with Crippen LogP contribution in [0.1, 0.15) is 29.8 Å². The minimum atomic E-state index is -0.700. The van der Waals surface area contributed by atoms with Crippen molar-refractivity contribution < 1.29 is 18.4 Å². The lowest BCUT2D eigenvalue weighted by Crippen LogP contribution is -2.50. The summed E-state index contributed by atoms with van der Waals surface area (Å²) >= 11 is 1.52. The summed E-state index contributed by atoms with van der Waals surface area (Å²) < 4.78 is 26.5. The van der Waals surface area contributed by atoms with Gasteiger partial charge in [-0.05, 0) is 41.8 Å². The Hall–Kier alpha value is -2.41. The van der Waals surface area contributed by atoms with E-state index in [2.05, 4.69) is 10.6 Å². The van der Waals surface area contributed by atoms with Gasteiger partial charge in [0, 0.05) is 23.6 Å². The Kier molecular flexibility index (Phi) is 8.44. The van der Waals surface area contributed by atoms with Crippen LogP contribution in [0.4, 0.5) is 8.78 Å². The fraction of sp³-hybridized carbons (Fsp3) is 0.333. The summed E-state index contributed by atoms with van der Waals surface area (Å²) in [5.41, 5.74) is 0.922. The van der Waals surface area contributed by atoms with E-state index in [0.717, 1.165) is 0 Å². The predicted molar refractivity (Wildman–Crippen MR) is 108 cm³/mol. The van der Waals surface area contributed by atoms with Crippen molar-refractivity contribution in [2.75, 3.05) is 12.3 Å². The first-order valence-corrected chi connectivity index (χ1v) is 10.2. The molecule has 0 heterocycles. The second-order valence-corrected chi connectivity index (χ2v) is 7.74. The zero-order valence-corrected chi connectivity index (χ0v) is 16.7. The largest absolute Gasteiger partial charge is 0.353 e. The van der Waals surface area contributed by atoms with Crippen molar-refractivity contribution in [3.63, 3.8) is 0 Å². The number of rotatable bonds is 9. The number of carbonyl (C=O) groups is 2. The Bertz CT molecular complexity index is 797. The fourth-order valence-corrected chi connectivity index (χ4v) is 3.36. The lowest BCUT2D eigenvalue weighted by Gasteiger charge is -2.21. The average Bonchev–Trinajstić information content (AvgIpc) is 2.67. The first-order valence-electron chi connectivity index (χ1n) is 9.03. The smallest absolute Gasteiger partial charge is 0.251 e. The van der Waals surface area contributed by atoms with Gasteiger partial charge in [0.2, 0.25) is 5.91 Å². The van der Waals surface area contributed by atoms with Crippen molar-refractivity contribution in [1.82, 2.24) is 10.6 Å². The quantitative estimate of drug-likeness (QED) is 0.624. The zero-order chi connectivity index (χ0) is 20.5. The minimum absolute atomic E-state index is 0.115. The van der Waals surface area contributed by atoms with Gasteiger partial charge >= 0.3 is 0 Å². The molecule has 7 heteroatoms. The fourth-order valence-electron chi connectivity index (χ4n) is 2.51. The third-order valence-corrected chi connectivity index (χ3v) is 5.11. The SMILES string of the molecule is CC(C)[C@H](NC(=O)c1ccc(F)cc1)C(=O)NCCSCc1ccccc1F. The van der Waals surface area contributed by atoms with Crippen LogP contribution in [0.5, 0.6) is 0 Å². The summed E-state index contributed by atoms with van der Waals surface area (Å²) in [6, 6.07) is 11.1. The second kappa shape index (κ2) is 10.8. The predicted octanol–water partition coefficient (Wildman–Crippen LogP) is 3.77. The molecule has 1 atom stereocenters. The highest BCUT2D eigenvalue weighted by Crippen LogP contribution is 2.14. The maximum absolute atomic E-state index is 13.6. The van der Waals surface area contributed by atoms with Crippen molar-refractivity contribution in [3.05, 3.63) is 71.3 Å². The average molecular weight is 406 g/mol. The highest BCUT2D eigenvalue weighted by atomic mass is 32.2. The molecule has 2 rings (SSSR count). The van der Waals surface area contributed by atoms with E-state index in [1.54, 1.807) is 18.2 Å². The molecule has 4 nitrogen and oxygen atoms in total. The molecular formula is C21H24F2N2O2S. The molecular weight excluding hydrogens is 382 g/mol. The monoisotopic (exact) mass is 406 g/mol. The van der Waals surface area contributed by atoms with Crippen LogP contribution < -0.4 is 10.6 Å². The number of thioether (sulfide) groups is 1. The van der Waals surface area contributed by atoms with Gasteiger partial charge in [0.1, 0.15) is 17.7 Å². The van der Waals surface area contributed by atoms with Gasteiger partial charge in [-0.2, -0.15) is 11.8 Å². The summed E-state index contributed by atoms with van der Waals surface area (Å²) in [7, 11) is 0. The maximum Gasteiger partial charge on any atom is 0.251 e. The molecule has 0 saturated heterocycles. The van der Waals surface area contributed by atoms with E-state index in [4.69, 9.17) is 0 Å². The molecule has 28 heavy (non-hydrogen) atoms. The Balaban J connectivity index is 1.79. The highest BCUT2D eigenvalue weighted by molar-refractivity contribution is 7.98. The van der Waals surface area contributed by atoms with Crippen molar-refractivity contribution in [3.8, 4) is 0 Å². The molecule has 0 aliphatic rings. The number of carbonyl (C=O) groups excluding carboxylic acids is 2. The Morgan fingerprint density at radius 1 is 1.04 bits per heavy atom. The number of nitrogens with one attached hydrogen (secondary N) is 2. The second-order valence-electron chi connectivity index (χ2n) is 6.64. The summed E-state index contributed by atoms with van der Waals surface area (Å²) in [5.74, 6) is -0.339. The van der Waals surface area contributed by atoms with Gasteiger partial charge in [-0.15, -0.1) is 0 Å². The van der Waals surface area contributed by atoms with Crippen molar-refractivity contribution in [2.45, 2.75) is 25.6 Å². The van der Waals surface area contributed by atoms with Crippen LogP contribution in [0.25, 0.3) is 0 Å². The molecule has 0 fully saturated rings. The Morgan fingerprint density at radius 3 is 2.36 bits per heavy atom. The molecule has 0 unspecified atom stereocenters. The van der Waals surface area contributed by atoms with Crippen molar-refractivity contribution in [1.29, 1.82) is 0 Å². The zero-order valence-electron chi connectivity index (χ0n) is 15.9. The van der Waals surface area contributed by atoms with Crippen LogP contribution in [-0.2, 0) is 10.5 Å². The van der Waals surface area contributed by atoms with Crippen molar-refractivity contribution >= 4 is 23.6 Å². The molecule has 150 valence electrons. The topological polar surface area (TPSA) is 58.2 Å². The standard InChI is InChI=1S/C21H24F2N2O2S/c1-14(2)19(25-20(26)15-7-9-17(22)10-8-15)21(27)24-11-12-28-13-16-5-3-4-6-18(16)23/h3-10,14,19H,11-13H2,1-2H3,(H,24,27)(H,25,26)/t19-/m0/s1. The number of amides is 2. The number of benzene rings is 2. The lowest BCUT2D eigenvalue weighted by molar-refractivity contribution is -0.123. The van der Waals surface area contributed by atoms with Crippen LogP contribution in [0.15, 0.2) is 48.5 Å². The Labute approximate surface area is 168 Å². The molecule has 2 aromatic carbocycles. The van der Waals surface area contributed by atoms with E-state index in [1.807, 2.05) is 13.8 Å². The molecule has 2 aromatic rings. The van der Waals surface area contributed by atoms with E-state index in [1.165, 1.54) is 42.1 Å². The van der Waals surface area contributed by atoms with Crippen LogP contribution in [0.2, 0.25) is 0 Å². The van der Waals surface area contributed by atoms with Gasteiger partial charge in [-0.1, -0.05) is 32.0 Å². The van der Waals surface area contributed by atoms with E-state index in [9.17, 15) is 18.4 Å². The molecule has 0 saturated carbocycles. The van der Waals surface area contributed by atoms with Crippen LogP contribution in [-0.4, -0.2) is 30.2 Å². The molecule has 0 spiro atoms. The maximum atomic E-state index is 13.6. The molecule has 0 aliphatic heterocycles. The summed E-state index contributed by atoms with van der Waals surface area (Å²) in [6.45, 7) is 4.08. The van der Waals surface area contributed by atoms with E-state index >= 15 is 0 Å².